The van der Waals surface area contributed by atoms with Crippen LogP contribution in [0.25, 0.3) is 0 Å². The third kappa shape index (κ3) is 35.7. The maximum Gasteiger partial charge on any atom is 6.00 e. The van der Waals surface area contributed by atoms with E-state index in [9.17, 15) is 59.4 Å². The fourth-order valence-corrected chi connectivity index (χ4v) is 3.97. The van der Waals surface area contributed by atoms with Gasteiger partial charge in [0.15, 0.2) is 0 Å². The van der Waals surface area contributed by atoms with Crippen LogP contribution in [0, 0.1) is 0 Å². The number of hydrogen-bond acceptors (Lipinski definition) is 42. The maximum absolute atomic E-state index is 9.98. The van der Waals surface area contributed by atoms with E-state index in [1.807, 2.05) is 0 Å². The summed E-state index contributed by atoms with van der Waals surface area (Å²) in [5.74, 6) is -11.9. The summed E-state index contributed by atoms with van der Waals surface area (Å²) in [7, 11) is 0. The van der Waals surface area contributed by atoms with Gasteiger partial charge in [-0.25, -0.2) is 0 Å². The molecule has 42 nitrogen and oxygen atoms in total. The molecule has 0 aliphatic rings. The minimum Gasteiger partial charge on any atom is -0.547 e. The second-order valence-electron chi connectivity index (χ2n) is 15.0. The van der Waals surface area contributed by atoms with Crippen molar-refractivity contribution in [3.8, 4) is 0 Å². The molecule has 0 bridgehead atoms. The standard InChI is InChI=1S/6C6H12O7.Mo/c6*7-1-2(8)3(9)4(10)5(11)6(12)13;/h6*2-5,7-11H,1H2,(H,12,13);/q;;;;;;+6/p-6/t6*2-,3-,4+,5-;/m111111./s1. The van der Waals surface area contributed by atoms with E-state index >= 15 is 0 Å². The third-order valence-corrected chi connectivity index (χ3v) is 8.98. The zero-order valence-corrected chi connectivity index (χ0v) is 41.8. The molecule has 79 heavy (non-hydrogen) atoms. The van der Waals surface area contributed by atoms with Gasteiger partial charge in [-0.15, -0.1) is 0 Å². The molecular weight excluding hydrogens is 1200 g/mol. The Hall–Kier alpha value is -3.69. The summed E-state index contributed by atoms with van der Waals surface area (Å²) < 4.78 is 0. The van der Waals surface area contributed by atoms with Crippen LogP contribution >= 0.6 is 0 Å². The van der Waals surface area contributed by atoms with Crippen LogP contribution < -0.4 is 30.6 Å². The van der Waals surface area contributed by atoms with E-state index in [0.29, 0.717) is 0 Å². The van der Waals surface area contributed by atoms with Crippen molar-refractivity contribution in [1.82, 2.24) is 0 Å². The van der Waals surface area contributed by atoms with Crippen LogP contribution in [0.1, 0.15) is 0 Å². The Morgan fingerprint density at radius 3 is 0.329 bits per heavy atom. The van der Waals surface area contributed by atoms with Crippen molar-refractivity contribution >= 4 is 35.8 Å². The number of carboxylic acid groups (broad SMARTS) is 6. The molecule has 0 fully saturated rings. The predicted octanol–water partition coefficient (Wildman–Crippen LogP) is -29.0. The molecule has 30 N–H and O–H groups in total. The summed E-state index contributed by atoms with van der Waals surface area (Å²) in [4.78, 5) is 59.9. The predicted molar refractivity (Wildman–Crippen MR) is 217 cm³/mol. The molecule has 24 atom stereocenters. The number of aliphatic hydroxyl groups excluding tert-OH is 30. The van der Waals surface area contributed by atoms with Gasteiger partial charge in [0.1, 0.15) is 146 Å². The summed E-state index contributed by atoms with van der Waals surface area (Å²) in [5.41, 5.74) is 0. The number of carbonyl (C=O) groups excluding carboxylic acids is 6. The van der Waals surface area contributed by atoms with Gasteiger partial charge in [0.2, 0.25) is 0 Å². The first-order valence-corrected chi connectivity index (χ1v) is 20.7. The van der Waals surface area contributed by atoms with Gasteiger partial charge in [-0.1, -0.05) is 0 Å². The molecule has 0 aliphatic carbocycles. The molecule has 0 spiro atoms. The minimum atomic E-state index is -2.31. The number of carboxylic acids is 6. The van der Waals surface area contributed by atoms with Crippen molar-refractivity contribution in [3.05, 3.63) is 0 Å². The van der Waals surface area contributed by atoms with Crippen molar-refractivity contribution < 1.29 is 234 Å². The summed E-state index contributed by atoms with van der Waals surface area (Å²) in [6.07, 6.45) is -48.5. The average molecular weight is 1270 g/mol. The second-order valence-corrected chi connectivity index (χ2v) is 15.0. The topological polar surface area (TPSA) is 848 Å². The van der Waals surface area contributed by atoms with E-state index in [1.54, 1.807) is 0 Å². The number of hydrogen-bond donors (Lipinski definition) is 30. The van der Waals surface area contributed by atoms with Gasteiger partial charge in [0.05, 0.1) is 75.5 Å². The first-order chi connectivity index (χ1) is 35.5. The Kier molecular flexibility index (Phi) is 52.9. The Balaban J connectivity index is -0.000000157. The normalized spacial score (nSPS) is 20.1. The fourth-order valence-electron chi connectivity index (χ4n) is 3.97. The van der Waals surface area contributed by atoms with Crippen molar-refractivity contribution in [1.29, 1.82) is 0 Å². The molecule has 0 radical (unpaired) electrons. The number of aliphatic hydroxyl groups is 30. The minimum absolute atomic E-state index is 0. The largest absolute Gasteiger partial charge is 6.00 e. The molecular formula is C36H66MoO42. The number of carbonyl (C=O) groups is 6. The van der Waals surface area contributed by atoms with Crippen LogP contribution in [-0.2, 0) is 49.8 Å². The van der Waals surface area contributed by atoms with Crippen LogP contribution in [0.4, 0.5) is 0 Å². The zero-order chi connectivity index (χ0) is 63.6. The van der Waals surface area contributed by atoms with Gasteiger partial charge in [-0.05, 0) is 0 Å². The Morgan fingerprint density at radius 2 is 0.278 bits per heavy atom. The van der Waals surface area contributed by atoms with Gasteiger partial charge in [-0.3, -0.25) is 0 Å². The monoisotopic (exact) mass is 1270 g/mol. The summed E-state index contributed by atoms with van der Waals surface area (Å²) >= 11 is 0. The first kappa shape index (κ1) is 89.1. The molecule has 43 heteroatoms. The molecule has 468 valence electrons. The zero-order valence-electron chi connectivity index (χ0n) is 39.8. The van der Waals surface area contributed by atoms with Gasteiger partial charge in [0.25, 0.3) is 0 Å². The van der Waals surface area contributed by atoms with E-state index in [-0.39, 0.29) is 21.1 Å². The van der Waals surface area contributed by atoms with Crippen LogP contribution in [0.3, 0.4) is 0 Å². The van der Waals surface area contributed by atoms with Gasteiger partial charge < -0.3 is 213 Å². The average Bonchev–Trinajstić information content (AvgIpc) is 3.42. The van der Waals surface area contributed by atoms with Crippen LogP contribution in [0.5, 0.6) is 0 Å². The Bertz CT molecular complexity index is 1320. The molecule has 0 aliphatic heterocycles. The molecule has 0 aromatic heterocycles. The molecule has 0 rings (SSSR count). The molecule has 0 amide bonds. The van der Waals surface area contributed by atoms with E-state index in [2.05, 4.69) is 0 Å². The molecule has 0 aromatic rings. The first-order valence-electron chi connectivity index (χ1n) is 20.7. The summed E-state index contributed by atoms with van der Waals surface area (Å²) in [6.45, 7) is -5.18. The van der Waals surface area contributed by atoms with Crippen LogP contribution in [-0.4, -0.2) is 375 Å². The second kappa shape index (κ2) is 46.9. The Morgan fingerprint density at radius 1 is 0.203 bits per heavy atom. The molecule has 0 saturated heterocycles. The molecule has 0 unspecified atom stereocenters. The van der Waals surface area contributed by atoms with Crippen LogP contribution in [0.2, 0.25) is 0 Å². The SMILES string of the molecule is O=C([O-])[C@H](O)[C@@H](O)[C@H](O)[C@H](O)CO.O=C([O-])[C@H](O)[C@@H](O)[C@H](O)[C@H](O)CO.O=C([O-])[C@H](O)[C@@H](O)[C@H](O)[C@H](O)CO.O=C([O-])[C@H](O)[C@@H](O)[C@H](O)[C@H](O)CO.O=C([O-])[C@H](O)[C@@H](O)[C@H](O)[C@H](O)CO.O=C([O-])[C@H](O)[C@@H](O)[C@H](O)[C@H](O)CO.[Mo+6]. The van der Waals surface area contributed by atoms with Crippen molar-refractivity contribution in [2.24, 2.45) is 0 Å². The maximum atomic E-state index is 9.98. The van der Waals surface area contributed by atoms with E-state index in [1.165, 1.54) is 0 Å². The van der Waals surface area contributed by atoms with Crippen molar-refractivity contribution in [3.63, 3.8) is 0 Å². The molecule has 0 aromatic carbocycles. The summed E-state index contributed by atoms with van der Waals surface area (Å²) in [6, 6.07) is 0. The Labute approximate surface area is 454 Å². The molecule has 0 saturated carbocycles. The van der Waals surface area contributed by atoms with E-state index in [4.69, 9.17) is 153 Å². The quantitative estimate of drug-likeness (QED) is 0.0297. The fraction of sp³-hybridized carbons (Fsp3) is 0.833. The van der Waals surface area contributed by atoms with Gasteiger partial charge in [-0.2, -0.15) is 0 Å². The number of rotatable bonds is 30. The molecule has 0 heterocycles. The van der Waals surface area contributed by atoms with Gasteiger partial charge >= 0.3 is 21.1 Å². The van der Waals surface area contributed by atoms with Gasteiger partial charge in [0, 0.05) is 0 Å². The summed E-state index contributed by atoms with van der Waals surface area (Å²) in [5, 5.41) is 321. The smallest absolute Gasteiger partial charge is 0.547 e. The van der Waals surface area contributed by atoms with Crippen molar-refractivity contribution in [2.75, 3.05) is 39.6 Å². The third-order valence-electron chi connectivity index (χ3n) is 8.98. The van der Waals surface area contributed by atoms with E-state index < -0.39 is 222 Å². The van der Waals surface area contributed by atoms with E-state index in [0.717, 1.165) is 0 Å². The van der Waals surface area contributed by atoms with Crippen LogP contribution in [0.15, 0.2) is 0 Å². The number of aliphatic carboxylic acids is 6. The van der Waals surface area contributed by atoms with Crippen molar-refractivity contribution in [2.45, 2.75) is 146 Å².